The number of ether oxygens (including phenoxy) is 1. The molecule has 2 bridgehead atoms. The molecule has 1 heterocycles. The molecule has 0 saturated heterocycles. The number of anilines is 1. The number of methoxy groups -OCH3 is 1. The van der Waals surface area contributed by atoms with E-state index in [4.69, 9.17) is 4.74 Å². The van der Waals surface area contributed by atoms with Gasteiger partial charge < -0.3 is 10.1 Å². The molecule has 2 saturated carbocycles. The summed E-state index contributed by atoms with van der Waals surface area (Å²) >= 11 is 0. The molecule has 5 heteroatoms. The summed E-state index contributed by atoms with van der Waals surface area (Å²) in [5.74, 6) is 4.04. The first kappa shape index (κ1) is 11.7. The van der Waals surface area contributed by atoms with Crippen LogP contribution in [0.5, 0.6) is 6.01 Å². The minimum Gasteiger partial charge on any atom is -0.467 e. The Hall–Kier alpha value is -1.39. The first-order chi connectivity index (χ1) is 8.74. The van der Waals surface area contributed by atoms with Gasteiger partial charge in [0.2, 0.25) is 5.95 Å². The first-order valence-electron chi connectivity index (χ1n) is 6.75. The molecule has 0 aliphatic heterocycles. The molecule has 0 aromatic carbocycles. The molecule has 5 nitrogen and oxygen atoms in total. The highest BCUT2D eigenvalue weighted by Gasteiger charge is 2.39. The van der Waals surface area contributed by atoms with E-state index in [1.807, 2.05) is 6.92 Å². The van der Waals surface area contributed by atoms with Gasteiger partial charge in [-0.1, -0.05) is 6.42 Å². The molecule has 1 N–H and O–H groups in total. The fraction of sp³-hybridized carbons (Fsp3) is 0.769. The van der Waals surface area contributed by atoms with Crippen LogP contribution in [-0.4, -0.2) is 28.6 Å². The highest BCUT2D eigenvalue weighted by atomic mass is 16.5. The normalized spacial score (nSPS) is 29.6. The zero-order valence-electron chi connectivity index (χ0n) is 11.0. The van der Waals surface area contributed by atoms with Gasteiger partial charge in [-0.3, -0.25) is 0 Å². The Labute approximate surface area is 107 Å². The number of nitrogens with zero attached hydrogens (tertiary/aromatic N) is 3. The Bertz CT molecular complexity index is 437. The van der Waals surface area contributed by atoms with E-state index in [2.05, 4.69) is 20.3 Å². The maximum absolute atomic E-state index is 5.05. The van der Waals surface area contributed by atoms with E-state index in [9.17, 15) is 0 Å². The van der Waals surface area contributed by atoms with Crippen LogP contribution in [0.4, 0.5) is 5.95 Å². The molecule has 0 amide bonds. The van der Waals surface area contributed by atoms with Crippen LogP contribution in [0.1, 0.15) is 31.5 Å². The van der Waals surface area contributed by atoms with Crippen molar-refractivity contribution in [2.24, 2.45) is 17.8 Å². The van der Waals surface area contributed by atoms with E-state index in [0.29, 0.717) is 17.8 Å². The van der Waals surface area contributed by atoms with Crippen molar-refractivity contribution in [2.75, 3.05) is 19.0 Å². The second-order valence-electron chi connectivity index (χ2n) is 5.51. The van der Waals surface area contributed by atoms with Crippen LogP contribution in [0, 0.1) is 24.7 Å². The van der Waals surface area contributed by atoms with Crippen molar-refractivity contribution in [3.63, 3.8) is 0 Å². The zero-order valence-corrected chi connectivity index (χ0v) is 11.0. The Morgan fingerprint density at radius 1 is 1.22 bits per heavy atom. The molecule has 3 atom stereocenters. The van der Waals surface area contributed by atoms with E-state index in [-0.39, 0.29) is 0 Å². The summed E-state index contributed by atoms with van der Waals surface area (Å²) in [5, 5.41) is 3.34. The average molecular weight is 248 g/mol. The summed E-state index contributed by atoms with van der Waals surface area (Å²) in [4.78, 5) is 12.6. The monoisotopic (exact) mass is 248 g/mol. The van der Waals surface area contributed by atoms with Gasteiger partial charge in [0, 0.05) is 6.54 Å². The first-order valence-corrected chi connectivity index (χ1v) is 6.75. The van der Waals surface area contributed by atoms with Gasteiger partial charge in [0.1, 0.15) is 5.82 Å². The second-order valence-corrected chi connectivity index (χ2v) is 5.51. The van der Waals surface area contributed by atoms with Crippen LogP contribution < -0.4 is 10.1 Å². The Balaban J connectivity index is 1.61. The van der Waals surface area contributed by atoms with Gasteiger partial charge in [0.15, 0.2) is 0 Å². The van der Waals surface area contributed by atoms with Gasteiger partial charge in [-0.2, -0.15) is 15.0 Å². The van der Waals surface area contributed by atoms with Gasteiger partial charge in [-0.15, -0.1) is 0 Å². The van der Waals surface area contributed by atoms with Crippen LogP contribution >= 0.6 is 0 Å². The maximum atomic E-state index is 5.05. The number of rotatable bonds is 4. The van der Waals surface area contributed by atoms with E-state index >= 15 is 0 Å². The van der Waals surface area contributed by atoms with E-state index < -0.39 is 0 Å². The summed E-state index contributed by atoms with van der Waals surface area (Å²) in [7, 11) is 1.58. The summed E-state index contributed by atoms with van der Waals surface area (Å²) in [6.45, 7) is 2.83. The molecule has 2 aliphatic carbocycles. The van der Waals surface area contributed by atoms with Crippen molar-refractivity contribution in [3.05, 3.63) is 5.82 Å². The molecule has 0 radical (unpaired) electrons. The van der Waals surface area contributed by atoms with E-state index in [0.717, 1.165) is 24.3 Å². The minimum absolute atomic E-state index is 0.387. The Kier molecular flexibility index (Phi) is 3.06. The van der Waals surface area contributed by atoms with Gasteiger partial charge in [-0.05, 0) is 43.9 Å². The summed E-state index contributed by atoms with van der Waals surface area (Å²) in [6, 6.07) is 0.387. The number of hydrogen-bond donors (Lipinski definition) is 1. The summed E-state index contributed by atoms with van der Waals surface area (Å²) in [6.07, 6.45) is 5.67. The third-order valence-corrected chi connectivity index (χ3v) is 4.32. The molecule has 2 fully saturated rings. The summed E-state index contributed by atoms with van der Waals surface area (Å²) in [5.41, 5.74) is 0. The molecular formula is C13H20N4O. The van der Waals surface area contributed by atoms with Crippen LogP contribution in [0.25, 0.3) is 0 Å². The molecule has 3 unspecified atom stereocenters. The molecule has 2 aliphatic rings. The van der Waals surface area contributed by atoms with Gasteiger partial charge >= 0.3 is 6.01 Å². The lowest BCUT2D eigenvalue weighted by molar-refractivity contribution is 0.347. The fourth-order valence-electron chi connectivity index (χ4n) is 3.48. The topological polar surface area (TPSA) is 59.9 Å². The largest absolute Gasteiger partial charge is 0.467 e. The van der Waals surface area contributed by atoms with Gasteiger partial charge in [-0.25, -0.2) is 0 Å². The Morgan fingerprint density at radius 2 is 2.11 bits per heavy atom. The Morgan fingerprint density at radius 3 is 2.78 bits per heavy atom. The fourth-order valence-corrected chi connectivity index (χ4v) is 3.48. The molecule has 0 spiro atoms. The number of fused-ring (bicyclic) bond motifs is 2. The van der Waals surface area contributed by atoms with Crippen LogP contribution in [0.15, 0.2) is 0 Å². The third kappa shape index (κ3) is 2.26. The lowest BCUT2D eigenvalue weighted by Crippen LogP contribution is -2.21. The highest BCUT2D eigenvalue weighted by Crippen LogP contribution is 2.48. The molecular weight excluding hydrogens is 228 g/mol. The van der Waals surface area contributed by atoms with Crippen molar-refractivity contribution in [3.8, 4) is 6.01 Å². The molecule has 3 rings (SSSR count). The lowest BCUT2D eigenvalue weighted by atomic mass is 9.89. The van der Waals surface area contributed by atoms with E-state index in [1.165, 1.54) is 25.7 Å². The van der Waals surface area contributed by atoms with Crippen molar-refractivity contribution < 1.29 is 4.74 Å². The van der Waals surface area contributed by atoms with E-state index in [1.54, 1.807) is 7.11 Å². The smallest absolute Gasteiger partial charge is 0.321 e. The highest BCUT2D eigenvalue weighted by molar-refractivity contribution is 5.26. The average Bonchev–Trinajstić information content (AvgIpc) is 2.97. The maximum Gasteiger partial charge on any atom is 0.321 e. The molecule has 98 valence electrons. The minimum atomic E-state index is 0.387. The van der Waals surface area contributed by atoms with Crippen LogP contribution in [0.3, 0.4) is 0 Å². The van der Waals surface area contributed by atoms with Gasteiger partial charge in [0.25, 0.3) is 0 Å². The van der Waals surface area contributed by atoms with Crippen molar-refractivity contribution in [2.45, 2.75) is 32.6 Å². The number of nitrogens with one attached hydrogen (secondary N) is 1. The quantitative estimate of drug-likeness (QED) is 0.883. The summed E-state index contributed by atoms with van der Waals surface area (Å²) < 4.78 is 5.05. The van der Waals surface area contributed by atoms with Crippen molar-refractivity contribution in [1.82, 2.24) is 15.0 Å². The van der Waals surface area contributed by atoms with Crippen molar-refractivity contribution >= 4 is 5.95 Å². The lowest BCUT2D eigenvalue weighted by Gasteiger charge is -2.21. The predicted molar refractivity (Wildman–Crippen MR) is 68.5 cm³/mol. The standard InChI is InChI=1S/C13H20N4O/c1-8-15-12(17-13(16-8)18-2)14-7-11-6-9-3-4-10(11)5-9/h9-11H,3-7H2,1-2H3,(H,14,15,16,17). The van der Waals surface area contributed by atoms with Gasteiger partial charge in [0.05, 0.1) is 7.11 Å². The predicted octanol–water partition coefficient (Wildman–Crippen LogP) is 2.04. The third-order valence-electron chi connectivity index (χ3n) is 4.32. The zero-order chi connectivity index (χ0) is 12.5. The number of aryl methyl sites for hydroxylation is 1. The number of aromatic nitrogens is 3. The second kappa shape index (κ2) is 4.71. The van der Waals surface area contributed by atoms with Crippen molar-refractivity contribution in [1.29, 1.82) is 0 Å². The molecule has 1 aromatic rings. The van der Waals surface area contributed by atoms with Crippen LogP contribution in [0.2, 0.25) is 0 Å². The molecule has 18 heavy (non-hydrogen) atoms. The SMILES string of the molecule is COc1nc(C)nc(NCC2CC3CCC2C3)n1. The van der Waals surface area contributed by atoms with Crippen LogP contribution in [-0.2, 0) is 0 Å². The number of hydrogen-bond acceptors (Lipinski definition) is 5. The molecule has 1 aromatic heterocycles.